The fraction of sp³-hybridized carbons (Fsp3) is 0.556. The van der Waals surface area contributed by atoms with Crippen LogP contribution in [-0.2, 0) is 29.1 Å². The third-order valence-corrected chi connectivity index (χ3v) is 12.7. The van der Waals surface area contributed by atoms with Crippen molar-refractivity contribution in [2.24, 2.45) is 5.92 Å². The highest BCUT2D eigenvalue weighted by molar-refractivity contribution is 7.91. The van der Waals surface area contributed by atoms with E-state index >= 15 is 0 Å². The first kappa shape index (κ1) is 38.7. The van der Waals surface area contributed by atoms with Gasteiger partial charge >= 0.3 is 6.09 Å². The molecule has 286 valence electrons. The zero-order valence-corrected chi connectivity index (χ0v) is 32.2. The Balaban J connectivity index is 1.26. The molecule has 1 aromatic carbocycles. The van der Waals surface area contributed by atoms with Crippen LogP contribution < -0.4 is 20.7 Å². The molecule has 6 rings (SSSR count). The number of sulfonamides is 1. The Morgan fingerprint density at radius 2 is 1.79 bits per heavy atom. The lowest BCUT2D eigenvalue weighted by atomic mass is 10.0. The Morgan fingerprint density at radius 1 is 1.06 bits per heavy atom. The van der Waals surface area contributed by atoms with Gasteiger partial charge in [0.1, 0.15) is 33.9 Å². The van der Waals surface area contributed by atoms with Crippen molar-refractivity contribution in [3.05, 3.63) is 52.5 Å². The second-order valence-corrected chi connectivity index (χ2v) is 18.4. The molecule has 2 aliphatic heterocycles. The molecule has 14 nitrogen and oxygen atoms in total. The maximum atomic E-state index is 14.3. The summed E-state index contributed by atoms with van der Waals surface area (Å²) < 4.78 is 33.2. The van der Waals surface area contributed by atoms with Crippen LogP contribution in [0.4, 0.5) is 4.79 Å². The predicted molar refractivity (Wildman–Crippen MR) is 198 cm³/mol. The minimum absolute atomic E-state index is 0.00473. The van der Waals surface area contributed by atoms with Crippen molar-refractivity contribution in [1.29, 1.82) is 0 Å². The van der Waals surface area contributed by atoms with Crippen molar-refractivity contribution in [3.8, 4) is 10.6 Å². The molecular formula is C36H45ClN6O8S2. The van der Waals surface area contributed by atoms with Crippen LogP contribution in [0.1, 0.15) is 89.0 Å². The molecule has 0 radical (unpaired) electrons. The highest BCUT2D eigenvalue weighted by atomic mass is 35.5. The Bertz CT molecular complexity index is 1890. The van der Waals surface area contributed by atoms with Crippen molar-refractivity contribution < 1.29 is 37.1 Å². The van der Waals surface area contributed by atoms with Crippen molar-refractivity contribution in [1.82, 2.24) is 30.6 Å². The van der Waals surface area contributed by atoms with E-state index < -0.39 is 80.2 Å². The predicted octanol–water partition coefficient (Wildman–Crippen LogP) is 4.06. The van der Waals surface area contributed by atoms with Gasteiger partial charge in [0.2, 0.25) is 21.8 Å². The van der Waals surface area contributed by atoms with Crippen LogP contribution in [0, 0.1) is 5.92 Å². The maximum Gasteiger partial charge on any atom is 0.408 e. The van der Waals surface area contributed by atoms with Gasteiger partial charge in [0.15, 0.2) is 0 Å². The fourth-order valence-electron chi connectivity index (χ4n) is 6.72. The van der Waals surface area contributed by atoms with Crippen LogP contribution in [0.5, 0.6) is 0 Å². The van der Waals surface area contributed by atoms with Gasteiger partial charge in [0.25, 0.3) is 11.8 Å². The van der Waals surface area contributed by atoms with E-state index in [1.807, 2.05) is 12.2 Å². The molecule has 3 heterocycles. The number of carbonyl (C=O) groups excluding carboxylic acids is 5. The van der Waals surface area contributed by atoms with Crippen molar-refractivity contribution >= 4 is 62.7 Å². The van der Waals surface area contributed by atoms with Crippen molar-refractivity contribution in [2.75, 3.05) is 6.54 Å². The van der Waals surface area contributed by atoms with Gasteiger partial charge in [-0.15, -0.1) is 11.3 Å². The molecular weight excluding hydrogens is 744 g/mol. The van der Waals surface area contributed by atoms with Crippen LogP contribution in [0.2, 0.25) is 5.02 Å². The van der Waals surface area contributed by atoms with Gasteiger partial charge in [-0.3, -0.25) is 23.9 Å². The minimum atomic E-state index is -3.91. The number of rotatable bonds is 7. The second-order valence-electron chi connectivity index (χ2n) is 15.2. The number of aromatic nitrogens is 1. The third kappa shape index (κ3) is 9.38. The number of thiazole rings is 1. The molecule has 5 amide bonds. The molecule has 2 aromatic rings. The highest BCUT2D eigenvalue weighted by Crippen LogP contribution is 2.46. The van der Waals surface area contributed by atoms with Gasteiger partial charge in [0, 0.05) is 34.5 Å². The summed E-state index contributed by atoms with van der Waals surface area (Å²) in [4.78, 5) is 74.4. The topological polar surface area (TPSA) is 193 Å². The number of hydrogen-bond acceptors (Lipinski definition) is 10. The number of halogens is 1. The average molecular weight is 789 g/mol. The molecule has 4 aliphatic rings. The standard InChI is InChI=1S/C36H45ClN6O8S2/c1-35(2,3)51-34(48)40-26-10-8-6-4-5-7-9-22-18-36(22,33(47)42-53(49,50)25-15-16-25)41-30(45)28-17-24(19-43(28)32(26)46)38-29(44)27-20-52-31(39-27)21-11-13-23(37)14-12-21/h7,9,11-14,20,22,24-26,28H,4-6,8,10,15-19H2,1-3H3,(H,38,44)(H,40,48)(H,41,45)(H,42,47)/b9-7-/t22-,24-,26+,28+,36-/m1/s1. The van der Waals surface area contributed by atoms with Gasteiger partial charge in [-0.25, -0.2) is 18.2 Å². The van der Waals surface area contributed by atoms with E-state index in [2.05, 4.69) is 25.7 Å². The van der Waals surface area contributed by atoms with E-state index in [0.717, 1.165) is 18.4 Å². The van der Waals surface area contributed by atoms with Crippen molar-refractivity contribution in [2.45, 2.75) is 113 Å². The quantitative estimate of drug-likeness (QED) is 0.300. The number of nitrogens with zero attached hydrogens (tertiary/aromatic N) is 2. The molecule has 17 heteroatoms. The fourth-order valence-corrected chi connectivity index (χ4v) is 9.01. The number of hydrogen-bond donors (Lipinski definition) is 4. The van der Waals surface area contributed by atoms with Gasteiger partial charge in [-0.2, -0.15) is 0 Å². The molecule has 0 spiro atoms. The summed E-state index contributed by atoms with van der Waals surface area (Å²) in [6.45, 7) is 5.06. The summed E-state index contributed by atoms with van der Waals surface area (Å²) in [5.41, 5.74) is -1.41. The molecule has 2 aliphatic carbocycles. The number of alkyl carbamates (subject to hydrolysis) is 1. The van der Waals surface area contributed by atoms with E-state index in [1.165, 1.54) is 16.2 Å². The number of ether oxygens (including phenoxy) is 1. The third-order valence-electron chi connectivity index (χ3n) is 9.74. The lowest BCUT2D eigenvalue weighted by Crippen LogP contribution is -2.58. The molecule has 2 saturated carbocycles. The molecule has 5 atom stereocenters. The largest absolute Gasteiger partial charge is 0.444 e. The monoisotopic (exact) mass is 788 g/mol. The number of nitrogens with one attached hydrogen (secondary N) is 4. The molecule has 1 aromatic heterocycles. The minimum Gasteiger partial charge on any atom is -0.444 e. The van der Waals surface area contributed by atoms with Crippen LogP contribution >= 0.6 is 22.9 Å². The zero-order valence-electron chi connectivity index (χ0n) is 29.9. The van der Waals surface area contributed by atoms with Gasteiger partial charge in [0.05, 0.1) is 5.25 Å². The van der Waals surface area contributed by atoms with E-state index in [-0.39, 0.29) is 31.5 Å². The molecule has 53 heavy (non-hydrogen) atoms. The van der Waals surface area contributed by atoms with Gasteiger partial charge < -0.3 is 25.6 Å². The zero-order chi connectivity index (χ0) is 38.1. The van der Waals surface area contributed by atoms with Crippen LogP contribution in [0.25, 0.3) is 10.6 Å². The molecule has 1 saturated heterocycles. The Labute approximate surface area is 317 Å². The first-order valence-electron chi connectivity index (χ1n) is 17.9. The normalized spacial score (nSPS) is 27.2. The molecule has 0 unspecified atom stereocenters. The maximum absolute atomic E-state index is 14.3. The summed E-state index contributed by atoms with van der Waals surface area (Å²) in [6, 6.07) is 4.16. The summed E-state index contributed by atoms with van der Waals surface area (Å²) >= 11 is 7.30. The number of carbonyl (C=O) groups is 5. The van der Waals surface area contributed by atoms with Gasteiger partial charge in [-0.05, 0) is 77.8 Å². The Morgan fingerprint density at radius 3 is 2.49 bits per heavy atom. The number of fused-ring (bicyclic) bond motifs is 2. The van der Waals surface area contributed by atoms with Crippen LogP contribution in [-0.4, -0.2) is 89.1 Å². The van der Waals surface area contributed by atoms with Crippen LogP contribution in [0.3, 0.4) is 0 Å². The van der Waals surface area contributed by atoms with Crippen molar-refractivity contribution in [3.63, 3.8) is 0 Å². The lowest BCUT2D eigenvalue weighted by molar-refractivity contribution is -0.141. The Hall–Kier alpha value is -4.02. The smallest absolute Gasteiger partial charge is 0.408 e. The molecule has 3 fully saturated rings. The summed E-state index contributed by atoms with van der Waals surface area (Å²) in [5, 5.41) is 10.6. The molecule has 4 N–H and O–H groups in total. The number of allylic oxidation sites excluding steroid dienone is 1. The number of amides is 5. The van der Waals surface area contributed by atoms with Gasteiger partial charge in [-0.1, -0.05) is 48.7 Å². The second kappa shape index (κ2) is 15.4. The SMILES string of the molecule is CC(C)(C)OC(=O)N[C@H]1CCCCC/C=C\[C@@H]2C[C@@]2(C(=O)NS(=O)(=O)C2CC2)NC(=O)[C@@H]2C[C@@H](NC(=O)c3csc(-c4ccc(Cl)cc4)n3)CN2C1=O. The summed E-state index contributed by atoms with van der Waals surface area (Å²) in [6.07, 6.45) is 7.14. The summed E-state index contributed by atoms with van der Waals surface area (Å²) in [5.74, 6) is -2.98. The highest BCUT2D eigenvalue weighted by Gasteiger charge is 2.62. The average Bonchev–Trinajstić information content (AvgIpc) is 3.96. The van der Waals surface area contributed by atoms with E-state index in [4.69, 9.17) is 16.3 Å². The Kier molecular flexibility index (Phi) is 11.2. The van der Waals surface area contributed by atoms with E-state index in [9.17, 15) is 32.4 Å². The van der Waals surface area contributed by atoms with Crippen LogP contribution in [0.15, 0.2) is 41.8 Å². The van der Waals surface area contributed by atoms with E-state index in [0.29, 0.717) is 35.7 Å². The molecule has 0 bridgehead atoms. The summed E-state index contributed by atoms with van der Waals surface area (Å²) in [7, 11) is -3.91. The number of benzene rings is 1. The lowest BCUT2D eigenvalue weighted by Gasteiger charge is -2.30. The first-order valence-corrected chi connectivity index (χ1v) is 20.7. The first-order chi connectivity index (χ1) is 25.0. The van der Waals surface area contributed by atoms with E-state index in [1.54, 1.807) is 50.4 Å².